The zero-order valence-corrected chi connectivity index (χ0v) is 18.1. The van der Waals surface area contributed by atoms with Crippen LogP contribution in [0.5, 0.6) is 0 Å². The van der Waals surface area contributed by atoms with E-state index in [1.807, 2.05) is 0 Å². The van der Waals surface area contributed by atoms with Crippen molar-refractivity contribution in [3.63, 3.8) is 0 Å². The number of unbranched alkanes of at least 4 members (excludes halogenated alkanes) is 4. The molecule has 0 heterocycles. The van der Waals surface area contributed by atoms with Crippen molar-refractivity contribution in [3.8, 4) is 0 Å². The van der Waals surface area contributed by atoms with E-state index < -0.39 is 0 Å². The van der Waals surface area contributed by atoms with Gasteiger partial charge in [-0.1, -0.05) is 65.2 Å². The summed E-state index contributed by atoms with van der Waals surface area (Å²) in [5.74, 6) is 0. The number of aryl methyl sites for hydroxylation is 2. The van der Waals surface area contributed by atoms with Crippen molar-refractivity contribution in [1.29, 1.82) is 0 Å². The van der Waals surface area contributed by atoms with E-state index in [4.69, 9.17) is 0 Å². The van der Waals surface area contributed by atoms with Crippen LogP contribution in [0.25, 0.3) is 0 Å². The Hall–Kier alpha value is -0.570. The molecule has 0 fully saturated rings. The molecular weight excluding hydrogens is 457 g/mol. The maximum Gasteiger partial charge on any atom is 4.00 e. The minimum atomic E-state index is 0. The van der Waals surface area contributed by atoms with Crippen molar-refractivity contribution in [2.45, 2.75) is 65.2 Å². The molecule has 0 aromatic heterocycles. The van der Waals surface area contributed by atoms with Gasteiger partial charge >= 0.3 is 25.8 Å². The summed E-state index contributed by atoms with van der Waals surface area (Å²) in [7, 11) is 0. The molecule has 2 aromatic carbocycles. The molecule has 0 nitrogen and oxygen atoms in total. The van der Waals surface area contributed by atoms with Crippen LogP contribution in [-0.4, -0.2) is 0 Å². The first kappa shape index (κ1) is 27.3. The fraction of sp³-hybridized carbons (Fsp3) is 0.500. The molecule has 3 heteroatoms. The molecule has 0 aliphatic heterocycles. The molecule has 0 spiro atoms. The second-order valence-electron chi connectivity index (χ2n) is 5.50. The maximum atomic E-state index is 2.24. The second-order valence-corrected chi connectivity index (χ2v) is 5.50. The Kier molecular flexibility index (Phi) is 23.1. The van der Waals surface area contributed by atoms with Gasteiger partial charge in [-0.2, -0.15) is 35.4 Å². The standard InChI is InChI=1S/2C10H15.2FH.Hf/c2*1-2-3-4-7-10-8-5-6-9-10;;;/h2*5-6,8-9H,2-4,7H2,1H3;2*1H;/q2*-1;;;+4/p-2. The Balaban J connectivity index is -0.000000308. The molecule has 128 valence electrons. The van der Waals surface area contributed by atoms with Crippen LogP contribution in [-0.2, 0) is 38.7 Å². The number of halogens is 2. The average molecular weight is 487 g/mol. The summed E-state index contributed by atoms with van der Waals surface area (Å²) in [6.45, 7) is 4.48. The van der Waals surface area contributed by atoms with Crippen molar-refractivity contribution >= 4 is 0 Å². The Morgan fingerprint density at radius 2 is 0.870 bits per heavy atom. The Morgan fingerprint density at radius 3 is 1.13 bits per heavy atom. The van der Waals surface area contributed by atoms with Gasteiger partial charge in [0.15, 0.2) is 0 Å². The summed E-state index contributed by atoms with van der Waals surface area (Å²) >= 11 is 0. The molecule has 23 heavy (non-hydrogen) atoms. The van der Waals surface area contributed by atoms with Crippen LogP contribution in [0.3, 0.4) is 0 Å². The van der Waals surface area contributed by atoms with E-state index >= 15 is 0 Å². The molecule has 0 bridgehead atoms. The molecule has 2 rings (SSSR count). The summed E-state index contributed by atoms with van der Waals surface area (Å²) in [5.41, 5.74) is 2.99. The molecule has 0 N–H and O–H groups in total. The summed E-state index contributed by atoms with van der Waals surface area (Å²) in [4.78, 5) is 0. The van der Waals surface area contributed by atoms with E-state index in [0.717, 1.165) is 0 Å². The summed E-state index contributed by atoms with van der Waals surface area (Å²) in [6, 6.07) is 17.3. The normalized spacial score (nSPS) is 8.78. The largest absolute Gasteiger partial charge is 4.00 e. The predicted molar refractivity (Wildman–Crippen MR) is 90.5 cm³/mol. The molecular formula is C20H30F2Hf. The van der Waals surface area contributed by atoms with E-state index in [2.05, 4.69) is 62.4 Å². The third-order valence-electron chi connectivity index (χ3n) is 3.60. The topological polar surface area (TPSA) is 0 Å². The quantitative estimate of drug-likeness (QED) is 0.286. The molecule has 0 amide bonds. The first-order valence-corrected chi connectivity index (χ1v) is 8.28. The molecule has 0 radical (unpaired) electrons. The van der Waals surface area contributed by atoms with E-state index in [1.54, 1.807) is 0 Å². The Morgan fingerprint density at radius 1 is 0.565 bits per heavy atom. The number of hydrogen-bond donors (Lipinski definition) is 0. The Bertz CT molecular complexity index is 353. The first-order chi connectivity index (χ1) is 9.86. The van der Waals surface area contributed by atoms with Crippen molar-refractivity contribution in [1.82, 2.24) is 0 Å². The summed E-state index contributed by atoms with van der Waals surface area (Å²) in [6.07, 6.45) is 10.6. The van der Waals surface area contributed by atoms with Gasteiger partial charge in [0.25, 0.3) is 0 Å². The van der Waals surface area contributed by atoms with Gasteiger partial charge < -0.3 is 9.41 Å². The third kappa shape index (κ3) is 14.7. The molecule has 0 unspecified atom stereocenters. The SMILES string of the molecule is CCCCC[c-]1cccc1.CCCCC[c-]1cccc1.[F-].[F-].[Hf+4]. The molecule has 0 aliphatic carbocycles. The van der Waals surface area contributed by atoms with Crippen LogP contribution in [0.15, 0.2) is 48.5 Å². The third-order valence-corrected chi connectivity index (χ3v) is 3.60. The van der Waals surface area contributed by atoms with E-state index in [9.17, 15) is 0 Å². The van der Waals surface area contributed by atoms with E-state index in [1.165, 1.54) is 62.5 Å². The van der Waals surface area contributed by atoms with Crippen molar-refractivity contribution in [2.75, 3.05) is 0 Å². The summed E-state index contributed by atoms with van der Waals surface area (Å²) < 4.78 is 0. The fourth-order valence-electron chi connectivity index (χ4n) is 2.32. The van der Waals surface area contributed by atoms with Crippen LogP contribution in [0.1, 0.15) is 63.5 Å². The van der Waals surface area contributed by atoms with Gasteiger partial charge in [-0.25, -0.2) is 24.3 Å². The Labute approximate surface area is 159 Å². The molecule has 2 aromatic rings. The predicted octanol–water partition coefficient (Wildman–Crippen LogP) is 0.282. The van der Waals surface area contributed by atoms with Crippen LogP contribution >= 0.6 is 0 Å². The van der Waals surface area contributed by atoms with Gasteiger partial charge in [-0.05, 0) is 0 Å². The van der Waals surface area contributed by atoms with Crippen molar-refractivity contribution in [2.24, 2.45) is 0 Å². The van der Waals surface area contributed by atoms with Gasteiger partial charge in [0.2, 0.25) is 0 Å². The smallest absolute Gasteiger partial charge is 1.00 e. The first-order valence-electron chi connectivity index (χ1n) is 8.28. The van der Waals surface area contributed by atoms with Gasteiger partial charge in [0.05, 0.1) is 0 Å². The zero-order valence-electron chi connectivity index (χ0n) is 14.5. The fourth-order valence-corrected chi connectivity index (χ4v) is 2.32. The van der Waals surface area contributed by atoms with Crippen LogP contribution in [0.4, 0.5) is 0 Å². The molecule has 0 saturated heterocycles. The van der Waals surface area contributed by atoms with E-state index in [-0.39, 0.29) is 35.3 Å². The van der Waals surface area contributed by atoms with Crippen LogP contribution in [0.2, 0.25) is 0 Å². The van der Waals surface area contributed by atoms with Crippen LogP contribution in [0, 0.1) is 0 Å². The number of rotatable bonds is 8. The number of hydrogen-bond acceptors (Lipinski definition) is 0. The van der Waals surface area contributed by atoms with Gasteiger partial charge in [-0.15, -0.1) is 0 Å². The molecule has 0 atom stereocenters. The van der Waals surface area contributed by atoms with Crippen molar-refractivity contribution < 1.29 is 35.3 Å². The summed E-state index contributed by atoms with van der Waals surface area (Å²) in [5, 5.41) is 0. The van der Waals surface area contributed by atoms with E-state index in [0.29, 0.717) is 0 Å². The molecule has 0 aliphatic rings. The monoisotopic (exact) mass is 488 g/mol. The van der Waals surface area contributed by atoms with Gasteiger partial charge in [0, 0.05) is 0 Å². The average Bonchev–Trinajstić information content (AvgIpc) is 3.13. The zero-order chi connectivity index (χ0) is 14.5. The second kappa shape index (κ2) is 19.5. The van der Waals surface area contributed by atoms with Crippen LogP contribution < -0.4 is 9.41 Å². The van der Waals surface area contributed by atoms with Gasteiger partial charge in [-0.3, -0.25) is 0 Å². The van der Waals surface area contributed by atoms with Gasteiger partial charge in [0.1, 0.15) is 0 Å². The minimum absolute atomic E-state index is 0. The minimum Gasteiger partial charge on any atom is -1.00 e. The molecule has 0 saturated carbocycles. The maximum absolute atomic E-state index is 2.24. The van der Waals surface area contributed by atoms with Crippen molar-refractivity contribution in [3.05, 3.63) is 59.7 Å².